The topological polar surface area (TPSA) is 76.1 Å². The van der Waals surface area contributed by atoms with Crippen molar-refractivity contribution in [2.45, 2.75) is 37.8 Å². The zero-order valence-corrected chi connectivity index (χ0v) is 18.3. The number of ether oxygens (including phenoxy) is 1. The summed E-state index contributed by atoms with van der Waals surface area (Å²) in [6, 6.07) is 7.34. The van der Waals surface area contributed by atoms with Gasteiger partial charge in [-0.05, 0) is 37.6 Å². The number of anilines is 1. The van der Waals surface area contributed by atoms with Gasteiger partial charge < -0.3 is 15.4 Å². The number of carbonyl (C=O) groups excluding carboxylic acids is 1. The number of Topliss-reactive ketones (excluding diaryl/α,β-unsaturated/α-hetero) is 1. The van der Waals surface area contributed by atoms with Gasteiger partial charge in [-0.15, -0.1) is 0 Å². The molecular formula is C23H28ClFN4O2. The molecule has 4 heterocycles. The van der Waals surface area contributed by atoms with E-state index < -0.39 is 5.67 Å². The second-order valence-corrected chi connectivity index (χ2v) is 8.77. The Morgan fingerprint density at radius 3 is 2.97 bits per heavy atom. The largest absolute Gasteiger partial charge is 0.381 e. The highest BCUT2D eigenvalue weighted by Gasteiger charge is 2.32. The van der Waals surface area contributed by atoms with Gasteiger partial charge in [-0.1, -0.05) is 17.7 Å². The van der Waals surface area contributed by atoms with E-state index in [4.69, 9.17) is 16.3 Å². The smallest absolute Gasteiger partial charge is 0.143 e. The number of alkyl halides is 1. The van der Waals surface area contributed by atoms with Crippen LogP contribution in [0.4, 0.5) is 10.2 Å². The van der Waals surface area contributed by atoms with Crippen molar-refractivity contribution in [2.24, 2.45) is 5.92 Å². The summed E-state index contributed by atoms with van der Waals surface area (Å²) in [5.74, 6) is 0.819. The highest BCUT2D eigenvalue weighted by atomic mass is 35.5. The molecule has 2 fully saturated rings. The van der Waals surface area contributed by atoms with E-state index in [9.17, 15) is 9.18 Å². The molecule has 0 aliphatic carbocycles. The number of rotatable bonds is 7. The van der Waals surface area contributed by atoms with E-state index in [0.717, 1.165) is 25.9 Å². The maximum Gasteiger partial charge on any atom is 0.143 e. The molecule has 2 aromatic rings. The number of nitrogens with one attached hydrogen (secondary N) is 2. The Morgan fingerprint density at radius 2 is 2.19 bits per heavy atom. The van der Waals surface area contributed by atoms with E-state index in [1.807, 2.05) is 24.3 Å². The van der Waals surface area contributed by atoms with Gasteiger partial charge in [0.05, 0.1) is 17.3 Å². The molecular weight excluding hydrogens is 419 g/mol. The van der Waals surface area contributed by atoms with Crippen LogP contribution >= 0.6 is 11.6 Å². The number of aromatic nitrogens is 2. The predicted molar refractivity (Wildman–Crippen MR) is 119 cm³/mol. The maximum absolute atomic E-state index is 14.8. The van der Waals surface area contributed by atoms with Crippen LogP contribution in [0.5, 0.6) is 0 Å². The van der Waals surface area contributed by atoms with E-state index in [2.05, 4.69) is 20.6 Å². The van der Waals surface area contributed by atoms with Crippen LogP contribution in [0.15, 0.2) is 30.5 Å². The highest BCUT2D eigenvalue weighted by molar-refractivity contribution is 6.33. The second kappa shape index (κ2) is 10.0. The summed E-state index contributed by atoms with van der Waals surface area (Å²) in [6.45, 7) is 2.77. The quantitative estimate of drug-likeness (QED) is 0.673. The molecule has 0 unspecified atom stereocenters. The minimum Gasteiger partial charge on any atom is -0.381 e. The van der Waals surface area contributed by atoms with E-state index in [1.165, 1.54) is 0 Å². The first-order valence-corrected chi connectivity index (χ1v) is 11.3. The lowest BCUT2D eigenvalue weighted by Gasteiger charge is -2.29. The van der Waals surface area contributed by atoms with Gasteiger partial charge in [0.2, 0.25) is 0 Å². The Kier molecular flexibility index (Phi) is 7.15. The van der Waals surface area contributed by atoms with Crippen molar-refractivity contribution in [2.75, 3.05) is 38.2 Å². The summed E-state index contributed by atoms with van der Waals surface area (Å²) in [4.78, 5) is 21.6. The number of nitrogens with zero attached hydrogens (tertiary/aromatic N) is 2. The second-order valence-electron chi connectivity index (χ2n) is 8.37. The summed E-state index contributed by atoms with van der Waals surface area (Å²) in [7, 11) is 0. The van der Waals surface area contributed by atoms with Crippen LogP contribution < -0.4 is 10.6 Å². The zero-order chi connectivity index (χ0) is 21.7. The lowest BCUT2D eigenvalue weighted by Crippen LogP contribution is -2.38. The van der Waals surface area contributed by atoms with Crippen LogP contribution in [0.25, 0.3) is 11.3 Å². The molecule has 2 aliphatic rings. The first-order chi connectivity index (χ1) is 15.0. The van der Waals surface area contributed by atoms with Crippen molar-refractivity contribution < 1.29 is 13.9 Å². The van der Waals surface area contributed by atoms with Gasteiger partial charge in [-0.3, -0.25) is 9.78 Å². The molecule has 166 valence electrons. The molecule has 1 atom stereocenters. The van der Waals surface area contributed by atoms with Gasteiger partial charge in [-0.2, -0.15) is 0 Å². The number of halogens is 2. The fourth-order valence-corrected chi connectivity index (χ4v) is 4.27. The molecule has 2 aromatic heterocycles. The lowest BCUT2D eigenvalue weighted by molar-refractivity contribution is -0.122. The molecule has 8 heteroatoms. The van der Waals surface area contributed by atoms with E-state index in [1.54, 1.807) is 6.20 Å². The molecule has 0 amide bonds. The molecule has 31 heavy (non-hydrogen) atoms. The van der Waals surface area contributed by atoms with Crippen molar-refractivity contribution in [3.8, 4) is 11.3 Å². The average Bonchev–Trinajstić information content (AvgIpc) is 2.80. The maximum atomic E-state index is 14.8. The van der Waals surface area contributed by atoms with Crippen molar-refractivity contribution in [3.63, 3.8) is 0 Å². The molecule has 2 saturated heterocycles. The molecule has 6 nitrogen and oxygen atoms in total. The summed E-state index contributed by atoms with van der Waals surface area (Å²) in [6.07, 6.45) is 4.55. The summed E-state index contributed by atoms with van der Waals surface area (Å²) >= 11 is 6.40. The molecule has 0 bridgehead atoms. The molecule has 0 spiro atoms. The van der Waals surface area contributed by atoms with Crippen molar-refractivity contribution in [1.29, 1.82) is 0 Å². The lowest BCUT2D eigenvalue weighted by atomic mass is 9.92. The fourth-order valence-electron chi connectivity index (χ4n) is 4.07. The SMILES string of the molecule is O=C(Cc1cc(-c2cccc(NCC3(F)CCOCC3)n2)c(Cl)cn1)[C@@H]1CCCNC1. The third-order valence-electron chi connectivity index (χ3n) is 6.02. The monoisotopic (exact) mass is 446 g/mol. The van der Waals surface area contributed by atoms with E-state index >= 15 is 0 Å². The minimum atomic E-state index is -1.29. The number of ketones is 1. The van der Waals surface area contributed by atoms with Gasteiger partial charge in [0.15, 0.2) is 0 Å². The van der Waals surface area contributed by atoms with Gasteiger partial charge in [0.25, 0.3) is 0 Å². The van der Waals surface area contributed by atoms with Crippen LogP contribution in [-0.2, 0) is 16.0 Å². The third-order valence-corrected chi connectivity index (χ3v) is 6.32. The first kappa shape index (κ1) is 22.1. The van der Waals surface area contributed by atoms with Crippen LogP contribution in [-0.4, -0.2) is 54.3 Å². The van der Waals surface area contributed by atoms with E-state index in [0.29, 0.717) is 53.8 Å². The van der Waals surface area contributed by atoms with Crippen molar-refractivity contribution in [1.82, 2.24) is 15.3 Å². The minimum absolute atomic E-state index is 0.0403. The predicted octanol–water partition coefficient (Wildman–Crippen LogP) is 3.84. The normalized spacial score (nSPS) is 20.9. The average molecular weight is 447 g/mol. The van der Waals surface area contributed by atoms with Crippen LogP contribution in [0.3, 0.4) is 0 Å². The Bertz CT molecular complexity index is 914. The highest BCUT2D eigenvalue weighted by Crippen LogP contribution is 2.29. The van der Waals surface area contributed by atoms with Gasteiger partial charge in [0.1, 0.15) is 17.3 Å². The number of piperidine rings is 1. The number of carbonyl (C=O) groups is 1. The first-order valence-electron chi connectivity index (χ1n) is 10.9. The molecule has 2 N–H and O–H groups in total. The molecule has 0 saturated carbocycles. The van der Waals surface area contributed by atoms with Gasteiger partial charge in [-0.25, -0.2) is 9.37 Å². The standard InChI is InChI=1S/C23H28ClFN4O2/c24-19-14-27-17(12-21(30)16-3-2-8-26-13-16)11-18(19)20-4-1-5-22(29-20)28-15-23(25)6-9-31-10-7-23/h1,4-5,11,14,16,26H,2-3,6-10,12-13,15H2,(H,28,29)/t16-/m1/s1. The van der Waals surface area contributed by atoms with Gasteiger partial charge in [0, 0.05) is 62.4 Å². The zero-order valence-electron chi connectivity index (χ0n) is 17.5. The summed E-state index contributed by atoms with van der Waals surface area (Å²) in [5, 5.41) is 6.86. The Hall–Kier alpha value is -2.09. The van der Waals surface area contributed by atoms with Gasteiger partial charge >= 0.3 is 0 Å². The number of pyridine rings is 2. The fraction of sp³-hybridized carbons (Fsp3) is 0.522. The van der Waals surface area contributed by atoms with E-state index in [-0.39, 0.29) is 24.7 Å². The summed E-state index contributed by atoms with van der Waals surface area (Å²) < 4.78 is 20.1. The van der Waals surface area contributed by atoms with Crippen molar-refractivity contribution in [3.05, 3.63) is 41.2 Å². The van der Waals surface area contributed by atoms with Crippen LogP contribution in [0, 0.1) is 5.92 Å². The Morgan fingerprint density at radius 1 is 1.35 bits per heavy atom. The molecule has 0 radical (unpaired) electrons. The Labute approximate surface area is 187 Å². The number of hydrogen-bond donors (Lipinski definition) is 2. The third kappa shape index (κ3) is 5.79. The summed E-state index contributed by atoms with van der Waals surface area (Å²) in [5.41, 5.74) is 0.766. The van der Waals surface area contributed by atoms with Crippen LogP contribution in [0.2, 0.25) is 5.02 Å². The Balaban J connectivity index is 1.46. The molecule has 2 aliphatic heterocycles. The molecule has 4 rings (SSSR count). The molecule has 0 aromatic carbocycles. The van der Waals surface area contributed by atoms with Crippen LogP contribution in [0.1, 0.15) is 31.4 Å². The number of hydrogen-bond acceptors (Lipinski definition) is 6. The van der Waals surface area contributed by atoms with Crippen molar-refractivity contribution >= 4 is 23.2 Å².